The van der Waals surface area contributed by atoms with Crippen LogP contribution in [0.2, 0.25) is 0 Å². The standard InChI is InChI=1S/C15H18F3NO2/c1-11(20)21-19-8-6-13(7-9-19)10-12-2-4-14(5-3-12)15(16,17)18/h2-5,13H,6-10H2,1H3. The quantitative estimate of drug-likeness (QED) is 0.856. The Hall–Kier alpha value is -1.56. The third-order valence-electron chi connectivity index (χ3n) is 3.64. The topological polar surface area (TPSA) is 29.5 Å². The lowest BCUT2D eigenvalue weighted by atomic mass is 9.90. The Bertz CT molecular complexity index is 477. The lowest BCUT2D eigenvalue weighted by molar-refractivity contribution is -0.193. The molecule has 0 atom stereocenters. The van der Waals surface area contributed by atoms with E-state index in [1.807, 2.05) is 0 Å². The zero-order valence-electron chi connectivity index (χ0n) is 11.8. The molecule has 1 aromatic rings. The first-order valence-electron chi connectivity index (χ1n) is 6.94. The van der Waals surface area contributed by atoms with Crippen molar-refractivity contribution in [1.82, 2.24) is 5.06 Å². The normalized spacial score (nSPS) is 17.7. The van der Waals surface area contributed by atoms with Crippen LogP contribution in [0.1, 0.15) is 30.9 Å². The van der Waals surface area contributed by atoms with Gasteiger partial charge < -0.3 is 4.84 Å². The van der Waals surface area contributed by atoms with Gasteiger partial charge in [-0.25, -0.2) is 0 Å². The van der Waals surface area contributed by atoms with Crippen molar-refractivity contribution < 1.29 is 22.8 Å². The summed E-state index contributed by atoms with van der Waals surface area (Å²) in [6.45, 7) is 2.71. The second-order valence-electron chi connectivity index (χ2n) is 5.35. The first kappa shape index (κ1) is 15.8. The van der Waals surface area contributed by atoms with Gasteiger partial charge in [-0.2, -0.15) is 13.2 Å². The molecule has 0 aromatic heterocycles. The van der Waals surface area contributed by atoms with Crippen LogP contribution in [0.25, 0.3) is 0 Å². The molecule has 0 saturated carbocycles. The molecule has 6 heteroatoms. The molecule has 0 radical (unpaired) electrons. The zero-order valence-corrected chi connectivity index (χ0v) is 11.8. The van der Waals surface area contributed by atoms with Crippen molar-refractivity contribution in [3.05, 3.63) is 35.4 Å². The van der Waals surface area contributed by atoms with Gasteiger partial charge in [0.25, 0.3) is 0 Å². The van der Waals surface area contributed by atoms with E-state index < -0.39 is 11.7 Å². The summed E-state index contributed by atoms with van der Waals surface area (Å²) in [5, 5.41) is 1.64. The Morgan fingerprint density at radius 1 is 1.24 bits per heavy atom. The molecule has 0 N–H and O–H groups in total. The highest BCUT2D eigenvalue weighted by molar-refractivity contribution is 5.65. The van der Waals surface area contributed by atoms with E-state index in [0.717, 1.165) is 37.0 Å². The molecule has 1 aliphatic heterocycles. The fourth-order valence-corrected chi connectivity index (χ4v) is 2.55. The molecular formula is C15H18F3NO2. The Kier molecular flexibility index (Phi) is 4.88. The summed E-state index contributed by atoms with van der Waals surface area (Å²) >= 11 is 0. The highest BCUT2D eigenvalue weighted by atomic mass is 19.4. The number of hydrogen-bond acceptors (Lipinski definition) is 3. The van der Waals surface area contributed by atoms with E-state index in [2.05, 4.69) is 0 Å². The number of halogens is 3. The highest BCUT2D eigenvalue weighted by Gasteiger charge is 2.30. The van der Waals surface area contributed by atoms with Crippen molar-refractivity contribution in [2.45, 2.75) is 32.4 Å². The Morgan fingerprint density at radius 3 is 2.29 bits per heavy atom. The minimum absolute atomic E-state index is 0.323. The van der Waals surface area contributed by atoms with Crippen molar-refractivity contribution in [3.63, 3.8) is 0 Å². The average molecular weight is 301 g/mol. The predicted octanol–water partition coefficient (Wildman–Crippen LogP) is 3.44. The van der Waals surface area contributed by atoms with Crippen LogP contribution in [-0.2, 0) is 22.2 Å². The smallest absolute Gasteiger partial charge is 0.368 e. The second-order valence-corrected chi connectivity index (χ2v) is 5.35. The molecule has 1 heterocycles. The van der Waals surface area contributed by atoms with Crippen molar-refractivity contribution in [2.24, 2.45) is 5.92 Å². The molecule has 1 aromatic carbocycles. The zero-order chi connectivity index (χ0) is 15.5. The lowest BCUT2D eigenvalue weighted by Gasteiger charge is -2.30. The average Bonchev–Trinajstić information content (AvgIpc) is 2.40. The summed E-state index contributed by atoms with van der Waals surface area (Å²) in [7, 11) is 0. The minimum atomic E-state index is -4.28. The molecule has 0 aliphatic carbocycles. The first-order chi connectivity index (χ1) is 9.84. The molecule has 0 unspecified atom stereocenters. The number of hydrogen-bond donors (Lipinski definition) is 0. The maximum Gasteiger partial charge on any atom is 0.416 e. The van der Waals surface area contributed by atoms with Crippen molar-refractivity contribution in [1.29, 1.82) is 0 Å². The molecule has 0 bridgehead atoms. The van der Waals surface area contributed by atoms with E-state index in [1.54, 1.807) is 17.2 Å². The lowest BCUT2D eigenvalue weighted by Crippen LogP contribution is -2.35. The molecule has 1 saturated heterocycles. The van der Waals surface area contributed by atoms with Crippen LogP contribution in [0.4, 0.5) is 13.2 Å². The number of carbonyl (C=O) groups is 1. The number of alkyl halides is 3. The number of carbonyl (C=O) groups excluding carboxylic acids is 1. The van der Waals surface area contributed by atoms with E-state index >= 15 is 0 Å². The fraction of sp³-hybridized carbons (Fsp3) is 0.533. The summed E-state index contributed by atoms with van der Waals surface area (Å²) in [5.74, 6) is 0.0877. The van der Waals surface area contributed by atoms with Gasteiger partial charge in [0.05, 0.1) is 5.56 Å². The third-order valence-corrected chi connectivity index (χ3v) is 3.64. The largest absolute Gasteiger partial charge is 0.416 e. The van der Waals surface area contributed by atoms with Gasteiger partial charge in [-0.1, -0.05) is 12.1 Å². The number of benzene rings is 1. The molecular weight excluding hydrogens is 283 g/mol. The first-order valence-corrected chi connectivity index (χ1v) is 6.94. The molecule has 3 nitrogen and oxygen atoms in total. The van der Waals surface area contributed by atoms with Crippen LogP contribution in [0, 0.1) is 5.92 Å². The fourth-order valence-electron chi connectivity index (χ4n) is 2.55. The van der Waals surface area contributed by atoms with Crippen LogP contribution >= 0.6 is 0 Å². The Balaban J connectivity index is 1.85. The van der Waals surface area contributed by atoms with Crippen LogP contribution < -0.4 is 0 Å². The van der Waals surface area contributed by atoms with Crippen LogP contribution in [0.3, 0.4) is 0 Å². The van der Waals surface area contributed by atoms with Crippen LogP contribution in [-0.4, -0.2) is 24.1 Å². The maximum absolute atomic E-state index is 12.5. The van der Waals surface area contributed by atoms with Gasteiger partial charge in [0.2, 0.25) is 0 Å². The minimum Gasteiger partial charge on any atom is -0.368 e. The summed E-state index contributed by atoms with van der Waals surface area (Å²) in [4.78, 5) is 15.9. The molecule has 0 amide bonds. The molecule has 0 spiro atoms. The van der Waals surface area contributed by atoms with Crippen LogP contribution in [0.15, 0.2) is 24.3 Å². The highest BCUT2D eigenvalue weighted by Crippen LogP contribution is 2.30. The Labute approximate surface area is 121 Å². The second kappa shape index (κ2) is 6.47. The molecule has 1 fully saturated rings. The van der Waals surface area contributed by atoms with Crippen LogP contribution in [0.5, 0.6) is 0 Å². The summed E-state index contributed by atoms with van der Waals surface area (Å²) in [5.41, 5.74) is 0.296. The molecule has 1 aliphatic rings. The van der Waals surface area contributed by atoms with Crippen molar-refractivity contribution in [2.75, 3.05) is 13.1 Å². The summed E-state index contributed by atoms with van der Waals surface area (Å²) in [6.07, 6.45) is -1.79. The maximum atomic E-state index is 12.5. The molecule has 21 heavy (non-hydrogen) atoms. The number of hydroxylamine groups is 2. The Morgan fingerprint density at radius 2 is 1.81 bits per heavy atom. The van der Waals surface area contributed by atoms with Crippen molar-refractivity contribution in [3.8, 4) is 0 Å². The van der Waals surface area contributed by atoms with Gasteiger partial charge in [-0.3, -0.25) is 4.79 Å². The van der Waals surface area contributed by atoms with Gasteiger partial charge in [0.1, 0.15) is 0 Å². The van der Waals surface area contributed by atoms with E-state index in [4.69, 9.17) is 4.84 Å². The number of piperidine rings is 1. The van der Waals surface area contributed by atoms with Gasteiger partial charge in [-0.15, -0.1) is 5.06 Å². The van der Waals surface area contributed by atoms with Crippen molar-refractivity contribution >= 4 is 5.97 Å². The predicted molar refractivity (Wildman–Crippen MR) is 71.2 cm³/mol. The SMILES string of the molecule is CC(=O)ON1CCC(Cc2ccc(C(F)(F)F)cc2)CC1. The number of nitrogens with zero attached hydrogens (tertiary/aromatic N) is 1. The molecule has 2 rings (SSSR count). The van der Waals surface area contributed by atoms with E-state index in [0.29, 0.717) is 19.0 Å². The third kappa shape index (κ3) is 4.74. The van der Waals surface area contributed by atoms with E-state index in [9.17, 15) is 18.0 Å². The summed E-state index contributed by atoms with van der Waals surface area (Å²) in [6, 6.07) is 5.34. The van der Waals surface area contributed by atoms with Gasteiger partial charge in [-0.05, 0) is 42.9 Å². The van der Waals surface area contributed by atoms with Gasteiger partial charge in [0.15, 0.2) is 0 Å². The monoisotopic (exact) mass is 301 g/mol. The molecule has 116 valence electrons. The van der Waals surface area contributed by atoms with E-state index in [-0.39, 0.29) is 5.97 Å². The van der Waals surface area contributed by atoms with Gasteiger partial charge in [0, 0.05) is 20.0 Å². The number of rotatable bonds is 3. The van der Waals surface area contributed by atoms with Gasteiger partial charge >= 0.3 is 12.1 Å². The van der Waals surface area contributed by atoms with E-state index in [1.165, 1.54) is 6.92 Å². The summed E-state index contributed by atoms with van der Waals surface area (Å²) < 4.78 is 37.4.